The Morgan fingerprint density at radius 2 is 1.65 bits per heavy atom. The van der Waals surface area contributed by atoms with E-state index in [1.165, 1.54) is 0 Å². The second-order valence-electron chi connectivity index (χ2n) is 4.11. The molecule has 1 rings (SSSR count). The largest absolute Gasteiger partial charge is 0.493 e. The van der Waals surface area contributed by atoms with Gasteiger partial charge in [0.2, 0.25) is 5.75 Å². The fraction of sp³-hybridized carbons (Fsp3) is 0.538. The van der Waals surface area contributed by atoms with E-state index in [0.717, 1.165) is 0 Å². The van der Waals surface area contributed by atoms with Crippen LogP contribution in [-0.2, 0) is 0 Å². The number of benzene rings is 1. The highest BCUT2D eigenvalue weighted by atomic mass is 16.5. The summed E-state index contributed by atoms with van der Waals surface area (Å²) in [6, 6.07) is 5.41. The number of rotatable bonds is 6. The summed E-state index contributed by atoms with van der Waals surface area (Å²) in [5, 5.41) is 9.71. The van der Waals surface area contributed by atoms with Crippen LogP contribution >= 0.6 is 0 Å². The van der Waals surface area contributed by atoms with Crippen molar-refractivity contribution in [3.63, 3.8) is 0 Å². The van der Waals surface area contributed by atoms with Gasteiger partial charge in [0.1, 0.15) is 6.61 Å². The van der Waals surface area contributed by atoms with Crippen LogP contribution in [0.15, 0.2) is 18.2 Å². The standard InChI is InChI=1S/C13H20O4/c1-9(2)10(14)8-17-13-11(15-3)6-5-7-12(13)16-4/h5-7,9-10,14H,8H2,1-4H3. The van der Waals surface area contributed by atoms with E-state index < -0.39 is 6.10 Å². The van der Waals surface area contributed by atoms with E-state index in [0.29, 0.717) is 17.2 Å². The second kappa shape index (κ2) is 6.35. The first-order chi connectivity index (χ1) is 8.10. The molecule has 1 N–H and O–H groups in total. The maximum Gasteiger partial charge on any atom is 0.203 e. The summed E-state index contributed by atoms with van der Waals surface area (Å²) < 4.78 is 16.0. The first-order valence-electron chi connectivity index (χ1n) is 5.62. The van der Waals surface area contributed by atoms with Gasteiger partial charge in [-0.25, -0.2) is 0 Å². The van der Waals surface area contributed by atoms with Crippen LogP contribution in [0.5, 0.6) is 17.2 Å². The Labute approximate surface area is 102 Å². The zero-order valence-electron chi connectivity index (χ0n) is 10.8. The topological polar surface area (TPSA) is 47.9 Å². The average molecular weight is 240 g/mol. The number of hydrogen-bond acceptors (Lipinski definition) is 4. The van der Waals surface area contributed by atoms with Crippen LogP contribution in [0, 0.1) is 5.92 Å². The molecule has 0 bridgehead atoms. The summed E-state index contributed by atoms with van der Waals surface area (Å²) in [6.45, 7) is 4.09. The SMILES string of the molecule is COc1cccc(OC)c1OCC(O)C(C)C. The maximum atomic E-state index is 9.71. The molecule has 0 saturated heterocycles. The molecule has 17 heavy (non-hydrogen) atoms. The quantitative estimate of drug-likeness (QED) is 0.827. The van der Waals surface area contributed by atoms with Gasteiger partial charge in [0.25, 0.3) is 0 Å². The third kappa shape index (κ3) is 3.53. The molecule has 96 valence electrons. The Bertz CT molecular complexity index is 327. The lowest BCUT2D eigenvalue weighted by Crippen LogP contribution is -2.23. The maximum absolute atomic E-state index is 9.71. The monoisotopic (exact) mass is 240 g/mol. The molecule has 1 aromatic rings. The van der Waals surface area contributed by atoms with E-state index in [-0.39, 0.29) is 12.5 Å². The third-order valence-electron chi connectivity index (χ3n) is 2.55. The van der Waals surface area contributed by atoms with Crippen molar-refractivity contribution in [2.24, 2.45) is 5.92 Å². The van der Waals surface area contributed by atoms with Crippen molar-refractivity contribution >= 4 is 0 Å². The Kier molecular flexibility index (Phi) is 5.10. The zero-order valence-corrected chi connectivity index (χ0v) is 10.8. The van der Waals surface area contributed by atoms with Crippen molar-refractivity contribution in [3.8, 4) is 17.2 Å². The highest BCUT2D eigenvalue weighted by molar-refractivity contribution is 5.51. The van der Waals surface area contributed by atoms with E-state index >= 15 is 0 Å². The van der Waals surface area contributed by atoms with Crippen LogP contribution in [0.25, 0.3) is 0 Å². The van der Waals surface area contributed by atoms with E-state index in [1.807, 2.05) is 19.9 Å². The summed E-state index contributed by atoms with van der Waals surface area (Å²) in [6.07, 6.45) is -0.510. The Balaban J connectivity index is 2.81. The van der Waals surface area contributed by atoms with Crippen molar-refractivity contribution < 1.29 is 19.3 Å². The number of aliphatic hydroxyl groups excluding tert-OH is 1. The molecule has 0 radical (unpaired) electrons. The van der Waals surface area contributed by atoms with Gasteiger partial charge in [0.15, 0.2) is 11.5 Å². The number of hydrogen-bond donors (Lipinski definition) is 1. The predicted molar refractivity (Wildman–Crippen MR) is 65.9 cm³/mol. The van der Waals surface area contributed by atoms with Gasteiger partial charge in [-0.05, 0) is 18.1 Å². The number of aliphatic hydroxyl groups is 1. The lowest BCUT2D eigenvalue weighted by Gasteiger charge is -2.18. The molecule has 0 aliphatic rings. The molecule has 0 heterocycles. The van der Waals surface area contributed by atoms with Crippen molar-refractivity contribution in [2.45, 2.75) is 20.0 Å². The molecule has 0 spiro atoms. The molecule has 1 aromatic carbocycles. The van der Waals surface area contributed by atoms with Crippen LogP contribution < -0.4 is 14.2 Å². The molecule has 0 amide bonds. The molecule has 0 aliphatic carbocycles. The van der Waals surface area contributed by atoms with E-state index in [1.54, 1.807) is 26.4 Å². The minimum Gasteiger partial charge on any atom is -0.493 e. The van der Waals surface area contributed by atoms with Crippen LogP contribution in [-0.4, -0.2) is 32.0 Å². The van der Waals surface area contributed by atoms with Gasteiger partial charge < -0.3 is 19.3 Å². The molecule has 1 unspecified atom stereocenters. The van der Waals surface area contributed by atoms with E-state index in [2.05, 4.69) is 0 Å². The predicted octanol–water partition coefficient (Wildman–Crippen LogP) is 2.10. The van der Waals surface area contributed by atoms with Gasteiger partial charge in [0, 0.05) is 0 Å². The normalized spacial score (nSPS) is 12.4. The number of ether oxygens (including phenoxy) is 3. The lowest BCUT2D eigenvalue weighted by atomic mass is 10.1. The molecular weight excluding hydrogens is 220 g/mol. The smallest absolute Gasteiger partial charge is 0.203 e. The van der Waals surface area contributed by atoms with Crippen molar-refractivity contribution in [3.05, 3.63) is 18.2 Å². The molecule has 4 heteroatoms. The average Bonchev–Trinajstić information content (AvgIpc) is 2.34. The van der Waals surface area contributed by atoms with E-state index in [9.17, 15) is 5.11 Å². The minimum absolute atomic E-state index is 0.149. The molecule has 0 fully saturated rings. The third-order valence-corrected chi connectivity index (χ3v) is 2.55. The van der Waals surface area contributed by atoms with Gasteiger partial charge in [-0.1, -0.05) is 19.9 Å². The van der Waals surface area contributed by atoms with Gasteiger partial charge in [-0.3, -0.25) is 0 Å². The molecule has 0 aromatic heterocycles. The Hall–Kier alpha value is -1.42. The minimum atomic E-state index is -0.510. The Morgan fingerprint density at radius 3 is 2.06 bits per heavy atom. The molecule has 0 aliphatic heterocycles. The fourth-order valence-corrected chi connectivity index (χ4v) is 1.32. The van der Waals surface area contributed by atoms with Crippen molar-refractivity contribution in [1.82, 2.24) is 0 Å². The second-order valence-corrected chi connectivity index (χ2v) is 4.11. The summed E-state index contributed by atoms with van der Waals surface area (Å²) >= 11 is 0. The summed E-state index contributed by atoms with van der Waals surface area (Å²) in [5.74, 6) is 1.87. The van der Waals surface area contributed by atoms with Gasteiger partial charge in [0.05, 0.1) is 20.3 Å². The van der Waals surface area contributed by atoms with Crippen LogP contribution in [0.3, 0.4) is 0 Å². The first-order valence-corrected chi connectivity index (χ1v) is 5.62. The van der Waals surface area contributed by atoms with Crippen LogP contribution in [0.1, 0.15) is 13.8 Å². The van der Waals surface area contributed by atoms with Gasteiger partial charge in [-0.2, -0.15) is 0 Å². The van der Waals surface area contributed by atoms with Crippen molar-refractivity contribution in [1.29, 1.82) is 0 Å². The summed E-state index contributed by atoms with van der Waals surface area (Å²) in [5.41, 5.74) is 0. The highest BCUT2D eigenvalue weighted by Gasteiger charge is 2.15. The zero-order chi connectivity index (χ0) is 12.8. The highest BCUT2D eigenvalue weighted by Crippen LogP contribution is 2.36. The summed E-state index contributed by atoms with van der Waals surface area (Å²) in [4.78, 5) is 0. The van der Waals surface area contributed by atoms with Crippen molar-refractivity contribution in [2.75, 3.05) is 20.8 Å². The Morgan fingerprint density at radius 1 is 1.12 bits per heavy atom. The molecule has 0 saturated carbocycles. The van der Waals surface area contributed by atoms with Crippen LogP contribution in [0.4, 0.5) is 0 Å². The van der Waals surface area contributed by atoms with E-state index in [4.69, 9.17) is 14.2 Å². The summed E-state index contributed by atoms with van der Waals surface area (Å²) in [7, 11) is 3.14. The fourth-order valence-electron chi connectivity index (χ4n) is 1.32. The first kappa shape index (κ1) is 13.6. The molecular formula is C13H20O4. The van der Waals surface area contributed by atoms with Gasteiger partial charge in [-0.15, -0.1) is 0 Å². The molecule has 4 nitrogen and oxygen atoms in total. The number of para-hydroxylation sites is 1. The lowest BCUT2D eigenvalue weighted by molar-refractivity contribution is 0.0677. The van der Waals surface area contributed by atoms with Gasteiger partial charge >= 0.3 is 0 Å². The number of methoxy groups -OCH3 is 2. The van der Waals surface area contributed by atoms with Crippen LogP contribution in [0.2, 0.25) is 0 Å². The molecule has 1 atom stereocenters.